The third kappa shape index (κ3) is 5.89. The number of nitrogens with zero attached hydrogens (tertiary/aromatic N) is 2. The maximum absolute atomic E-state index is 13.9. The molecule has 1 amide bonds. The van der Waals surface area contributed by atoms with E-state index in [2.05, 4.69) is 33.1 Å². The second-order valence-corrected chi connectivity index (χ2v) is 7.65. The van der Waals surface area contributed by atoms with Gasteiger partial charge in [0.05, 0.1) is 32.5 Å². The van der Waals surface area contributed by atoms with Gasteiger partial charge in [-0.1, -0.05) is 12.1 Å². The zero-order valence-electron chi connectivity index (χ0n) is 16.4. The Kier molecular flexibility index (Phi) is 7.51. The first-order valence-corrected chi connectivity index (χ1v) is 10.2. The number of halogens is 2. The SMILES string of the molecule is N#Cc1ccc(C(=O)NN=Cc2ccc(OCc3ccc(C(=O)O)cc3)c(I)c2)c(F)c1. The molecule has 3 rings (SSSR count). The van der Waals surface area contributed by atoms with Crippen molar-refractivity contribution in [2.45, 2.75) is 6.61 Å². The van der Waals surface area contributed by atoms with Gasteiger partial charge in [0.15, 0.2) is 0 Å². The number of nitriles is 1. The molecule has 7 nitrogen and oxygen atoms in total. The Hall–Kier alpha value is -3.78. The molecule has 9 heteroatoms. The number of carbonyl (C=O) groups excluding carboxylic acids is 1. The van der Waals surface area contributed by atoms with Gasteiger partial charge in [-0.25, -0.2) is 14.6 Å². The monoisotopic (exact) mass is 543 g/mol. The van der Waals surface area contributed by atoms with Gasteiger partial charge in [-0.05, 0) is 82.2 Å². The fourth-order valence-electron chi connectivity index (χ4n) is 2.61. The van der Waals surface area contributed by atoms with Crippen LogP contribution in [0.15, 0.2) is 65.8 Å². The third-order valence-corrected chi connectivity index (χ3v) is 5.12. The first kappa shape index (κ1) is 22.9. The Morgan fingerprint density at radius 3 is 2.53 bits per heavy atom. The molecule has 160 valence electrons. The second kappa shape index (κ2) is 10.5. The molecule has 0 atom stereocenters. The summed E-state index contributed by atoms with van der Waals surface area (Å²) >= 11 is 2.10. The molecule has 0 saturated heterocycles. The highest BCUT2D eigenvalue weighted by molar-refractivity contribution is 14.1. The lowest BCUT2D eigenvalue weighted by atomic mass is 10.1. The van der Waals surface area contributed by atoms with Crippen LogP contribution in [0.25, 0.3) is 0 Å². The summed E-state index contributed by atoms with van der Waals surface area (Å²) in [5.41, 5.74) is 3.89. The van der Waals surface area contributed by atoms with Crippen LogP contribution in [0.2, 0.25) is 0 Å². The number of nitrogens with one attached hydrogen (secondary N) is 1. The largest absolute Gasteiger partial charge is 0.488 e. The van der Waals surface area contributed by atoms with E-state index >= 15 is 0 Å². The maximum atomic E-state index is 13.9. The molecule has 0 saturated carbocycles. The van der Waals surface area contributed by atoms with Gasteiger partial charge in [-0.3, -0.25) is 4.79 Å². The molecule has 3 aromatic rings. The Morgan fingerprint density at radius 2 is 1.91 bits per heavy atom. The van der Waals surface area contributed by atoms with Crippen LogP contribution in [0, 0.1) is 20.7 Å². The zero-order chi connectivity index (χ0) is 23.1. The Labute approximate surface area is 196 Å². The van der Waals surface area contributed by atoms with Gasteiger partial charge < -0.3 is 9.84 Å². The predicted molar refractivity (Wildman–Crippen MR) is 123 cm³/mol. The minimum absolute atomic E-state index is 0.122. The lowest BCUT2D eigenvalue weighted by Gasteiger charge is -2.09. The number of carbonyl (C=O) groups is 2. The van der Waals surface area contributed by atoms with Gasteiger partial charge in [0.2, 0.25) is 0 Å². The van der Waals surface area contributed by atoms with Gasteiger partial charge in [0.25, 0.3) is 5.91 Å². The third-order valence-electron chi connectivity index (χ3n) is 4.27. The zero-order valence-corrected chi connectivity index (χ0v) is 18.5. The van der Waals surface area contributed by atoms with Crippen LogP contribution in [0.4, 0.5) is 4.39 Å². The highest BCUT2D eigenvalue weighted by atomic mass is 127. The van der Waals surface area contributed by atoms with Crippen molar-refractivity contribution in [1.82, 2.24) is 5.43 Å². The molecule has 2 N–H and O–H groups in total. The van der Waals surface area contributed by atoms with E-state index in [9.17, 15) is 14.0 Å². The molecule has 0 aliphatic heterocycles. The molecule has 0 unspecified atom stereocenters. The molecule has 0 fully saturated rings. The summed E-state index contributed by atoms with van der Waals surface area (Å²) in [5.74, 6) is -1.88. The summed E-state index contributed by atoms with van der Waals surface area (Å²) in [5, 5.41) is 21.5. The van der Waals surface area contributed by atoms with Crippen molar-refractivity contribution in [3.8, 4) is 11.8 Å². The van der Waals surface area contributed by atoms with Gasteiger partial charge in [0.1, 0.15) is 18.2 Å². The van der Waals surface area contributed by atoms with E-state index in [1.807, 2.05) is 0 Å². The fraction of sp³-hybridized carbons (Fsp3) is 0.0435. The number of carboxylic acids is 1. The summed E-state index contributed by atoms with van der Waals surface area (Å²) in [6, 6.07) is 17.1. The van der Waals surface area contributed by atoms with Gasteiger partial charge in [0, 0.05) is 0 Å². The summed E-state index contributed by atoms with van der Waals surface area (Å²) in [7, 11) is 0. The van der Waals surface area contributed by atoms with Crippen LogP contribution in [0.5, 0.6) is 5.75 Å². The number of amides is 1. The lowest BCUT2D eigenvalue weighted by molar-refractivity contribution is 0.0696. The molecule has 0 aliphatic carbocycles. The molecule has 0 spiro atoms. The number of carboxylic acid groups (broad SMARTS) is 1. The number of rotatable bonds is 7. The van der Waals surface area contributed by atoms with Crippen molar-refractivity contribution in [1.29, 1.82) is 5.26 Å². The molecule has 0 radical (unpaired) electrons. The number of aromatic carboxylic acids is 1. The molecule has 3 aromatic carbocycles. The first-order valence-electron chi connectivity index (χ1n) is 9.15. The Bertz CT molecular complexity index is 1240. The van der Waals surface area contributed by atoms with E-state index in [0.717, 1.165) is 15.2 Å². The quantitative estimate of drug-likeness (QED) is 0.262. The molecule has 0 aliphatic rings. The summed E-state index contributed by atoms with van der Waals surface area (Å²) < 4.78 is 20.5. The van der Waals surface area contributed by atoms with Crippen molar-refractivity contribution in [2.24, 2.45) is 5.10 Å². The highest BCUT2D eigenvalue weighted by Crippen LogP contribution is 2.23. The van der Waals surface area contributed by atoms with Crippen molar-refractivity contribution in [3.63, 3.8) is 0 Å². The van der Waals surface area contributed by atoms with Crippen molar-refractivity contribution in [3.05, 3.63) is 97.9 Å². The van der Waals surface area contributed by atoms with Gasteiger partial charge >= 0.3 is 5.97 Å². The fourth-order valence-corrected chi connectivity index (χ4v) is 3.31. The lowest BCUT2D eigenvalue weighted by Crippen LogP contribution is -2.19. The Morgan fingerprint density at radius 1 is 1.16 bits per heavy atom. The first-order chi connectivity index (χ1) is 15.4. The van der Waals surface area contributed by atoms with Crippen LogP contribution in [0.1, 0.15) is 37.4 Å². The van der Waals surface area contributed by atoms with Crippen molar-refractivity contribution >= 4 is 40.7 Å². The van der Waals surface area contributed by atoms with E-state index < -0.39 is 17.7 Å². The van der Waals surface area contributed by atoms with Crippen molar-refractivity contribution in [2.75, 3.05) is 0 Å². The number of ether oxygens (including phenoxy) is 1. The van der Waals surface area contributed by atoms with E-state index in [1.165, 1.54) is 30.5 Å². The molecule has 0 heterocycles. The van der Waals surface area contributed by atoms with E-state index in [0.29, 0.717) is 11.3 Å². The van der Waals surface area contributed by atoms with E-state index in [4.69, 9.17) is 15.1 Å². The minimum Gasteiger partial charge on any atom is -0.488 e. The van der Waals surface area contributed by atoms with Crippen molar-refractivity contribution < 1.29 is 23.8 Å². The summed E-state index contributed by atoms with van der Waals surface area (Å²) in [4.78, 5) is 23.0. The average molecular weight is 543 g/mol. The smallest absolute Gasteiger partial charge is 0.335 e. The number of hydrogen-bond donors (Lipinski definition) is 2. The molecular weight excluding hydrogens is 528 g/mol. The summed E-state index contributed by atoms with van der Waals surface area (Å²) in [6.07, 6.45) is 1.41. The number of hydrazone groups is 1. The normalized spacial score (nSPS) is 10.5. The standard InChI is InChI=1S/C23H15FIN3O4/c24-19-9-15(11-26)3-7-18(19)22(29)28-27-12-16-4-8-21(20(25)10-16)32-13-14-1-5-17(6-2-14)23(30)31/h1-10,12H,13H2,(H,28,29)(H,30,31). The number of hydrogen-bond acceptors (Lipinski definition) is 5. The number of benzene rings is 3. The average Bonchev–Trinajstić information content (AvgIpc) is 2.78. The van der Waals surface area contributed by atoms with Gasteiger partial charge in [-0.15, -0.1) is 0 Å². The molecule has 32 heavy (non-hydrogen) atoms. The van der Waals surface area contributed by atoms with Gasteiger partial charge in [-0.2, -0.15) is 10.4 Å². The van der Waals surface area contributed by atoms with Crippen LogP contribution < -0.4 is 10.2 Å². The second-order valence-electron chi connectivity index (χ2n) is 6.49. The van der Waals surface area contributed by atoms with E-state index in [-0.39, 0.29) is 23.3 Å². The maximum Gasteiger partial charge on any atom is 0.335 e. The summed E-state index contributed by atoms with van der Waals surface area (Å²) in [6.45, 7) is 0.273. The minimum atomic E-state index is -0.984. The Balaban J connectivity index is 1.58. The molecular formula is C23H15FIN3O4. The van der Waals surface area contributed by atoms with Crippen LogP contribution in [-0.2, 0) is 6.61 Å². The molecule has 0 bridgehead atoms. The van der Waals surface area contributed by atoms with Crippen LogP contribution in [-0.4, -0.2) is 23.2 Å². The topological polar surface area (TPSA) is 112 Å². The highest BCUT2D eigenvalue weighted by Gasteiger charge is 2.11. The van der Waals surface area contributed by atoms with Crippen LogP contribution >= 0.6 is 22.6 Å². The molecule has 0 aromatic heterocycles. The van der Waals surface area contributed by atoms with Crippen LogP contribution in [0.3, 0.4) is 0 Å². The van der Waals surface area contributed by atoms with E-state index in [1.54, 1.807) is 36.4 Å². The predicted octanol–water partition coefficient (Wildman–Crippen LogP) is 4.34.